The zero-order valence-electron chi connectivity index (χ0n) is 21.8. The monoisotopic (exact) mass is 534 g/mol. The number of carbonyl (C=O) groups excluding carboxylic acids is 1. The second-order valence-corrected chi connectivity index (χ2v) is 9.14. The number of hydrogen-bond acceptors (Lipinski definition) is 10. The van der Waals surface area contributed by atoms with Crippen LogP contribution in [0.3, 0.4) is 0 Å². The van der Waals surface area contributed by atoms with E-state index in [2.05, 4.69) is 25.5 Å². The topological polar surface area (TPSA) is 155 Å². The Balaban J connectivity index is 1.47. The third-order valence-electron chi connectivity index (χ3n) is 6.39. The number of aryl methyl sites for hydroxylation is 1. The molecule has 0 unspecified atom stereocenters. The normalized spacial score (nSPS) is 14.9. The molecule has 3 aromatic rings. The van der Waals surface area contributed by atoms with Crippen molar-refractivity contribution < 1.29 is 24.2 Å². The van der Waals surface area contributed by atoms with Crippen LogP contribution >= 0.6 is 0 Å². The molecular formula is C26H30N8O5. The van der Waals surface area contributed by atoms with Crippen molar-refractivity contribution in [1.82, 2.24) is 25.3 Å². The summed E-state index contributed by atoms with van der Waals surface area (Å²) in [6.07, 6.45) is -0.757. The van der Waals surface area contributed by atoms with Gasteiger partial charge in [-0.25, -0.2) is 24.5 Å². The average molecular weight is 535 g/mol. The Bertz CT molecular complexity index is 1360. The van der Waals surface area contributed by atoms with E-state index >= 15 is 0 Å². The second-order valence-electron chi connectivity index (χ2n) is 9.14. The molecule has 2 aliphatic rings. The Labute approximate surface area is 225 Å². The quantitative estimate of drug-likeness (QED) is 0.400. The number of ether oxygens (including phenoxy) is 2. The Morgan fingerprint density at radius 3 is 2.54 bits per heavy atom. The van der Waals surface area contributed by atoms with Crippen molar-refractivity contribution >= 4 is 29.6 Å². The van der Waals surface area contributed by atoms with Gasteiger partial charge in [0, 0.05) is 54.8 Å². The molecule has 1 fully saturated rings. The van der Waals surface area contributed by atoms with Crippen LogP contribution in [0.25, 0.3) is 11.4 Å². The lowest BCUT2D eigenvalue weighted by atomic mass is 10.0. The van der Waals surface area contributed by atoms with Crippen molar-refractivity contribution in [2.24, 2.45) is 0 Å². The lowest BCUT2D eigenvalue weighted by molar-refractivity contribution is 0.122. The van der Waals surface area contributed by atoms with Crippen LogP contribution < -0.4 is 25.2 Å². The van der Waals surface area contributed by atoms with Gasteiger partial charge in [0.1, 0.15) is 5.82 Å². The van der Waals surface area contributed by atoms with E-state index in [1.54, 1.807) is 6.92 Å². The summed E-state index contributed by atoms with van der Waals surface area (Å²) in [5, 5.41) is 14.5. The van der Waals surface area contributed by atoms with E-state index in [4.69, 9.17) is 24.5 Å². The van der Waals surface area contributed by atoms with E-state index in [0.29, 0.717) is 62.4 Å². The molecule has 13 heteroatoms. The van der Waals surface area contributed by atoms with Crippen molar-refractivity contribution in [3.63, 3.8) is 0 Å². The molecule has 0 bridgehead atoms. The molecule has 0 aliphatic carbocycles. The number of aromatic nitrogens is 4. The molecule has 0 radical (unpaired) electrons. The second kappa shape index (κ2) is 11.5. The summed E-state index contributed by atoms with van der Waals surface area (Å²) >= 11 is 0. The van der Waals surface area contributed by atoms with Crippen LogP contribution in [0, 0.1) is 6.92 Å². The van der Waals surface area contributed by atoms with Crippen LogP contribution in [0.4, 0.5) is 27.0 Å². The minimum atomic E-state index is -1.43. The largest absolute Gasteiger partial charge is 0.512 e. The third-order valence-corrected chi connectivity index (χ3v) is 6.39. The summed E-state index contributed by atoms with van der Waals surface area (Å²) < 4.78 is 10.3. The maximum absolute atomic E-state index is 11.9. The lowest BCUT2D eigenvalue weighted by Crippen LogP contribution is -2.40. The van der Waals surface area contributed by atoms with Gasteiger partial charge < -0.3 is 35.0 Å². The maximum atomic E-state index is 11.9. The fourth-order valence-corrected chi connectivity index (χ4v) is 4.59. The number of carbonyl (C=O) groups is 2. The molecule has 1 saturated heterocycles. The van der Waals surface area contributed by atoms with Gasteiger partial charge in [0.2, 0.25) is 11.8 Å². The third kappa shape index (κ3) is 6.14. The van der Waals surface area contributed by atoms with E-state index < -0.39 is 6.16 Å². The SMILES string of the molecule is CCNC(=O)Nc1ccc(-c2nc3c(c(N4CCOCC4)n2)CCN(c2nc(C)cc(OC(=O)O)n2)C3)cc1. The molecule has 4 heterocycles. The zero-order chi connectivity index (χ0) is 27.4. The molecule has 0 atom stereocenters. The highest BCUT2D eigenvalue weighted by Gasteiger charge is 2.28. The van der Waals surface area contributed by atoms with Crippen molar-refractivity contribution in [3.05, 3.63) is 47.3 Å². The predicted octanol–water partition coefficient (Wildman–Crippen LogP) is 2.84. The van der Waals surface area contributed by atoms with Crippen molar-refractivity contribution in [2.45, 2.75) is 26.8 Å². The van der Waals surface area contributed by atoms with Crippen molar-refractivity contribution in [1.29, 1.82) is 0 Å². The molecule has 2 amide bonds. The van der Waals surface area contributed by atoms with Crippen LogP contribution in [0.5, 0.6) is 5.88 Å². The smallest absolute Gasteiger partial charge is 0.449 e. The molecule has 2 aliphatic heterocycles. The fraction of sp³-hybridized carbons (Fsp3) is 0.385. The van der Waals surface area contributed by atoms with Gasteiger partial charge in [-0.1, -0.05) is 0 Å². The van der Waals surface area contributed by atoms with Crippen LogP contribution in [-0.4, -0.2) is 76.6 Å². The van der Waals surface area contributed by atoms with Gasteiger partial charge >= 0.3 is 12.2 Å². The number of morpholine rings is 1. The summed E-state index contributed by atoms with van der Waals surface area (Å²) in [6, 6.07) is 8.62. The minimum Gasteiger partial charge on any atom is -0.449 e. The summed E-state index contributed by atoms with van der Waals surface area (Å²) in [5.74, 6) is 1.82. The Morgan fingerprint density at radius 2 is 1.82 bits per heavy atom. The molecular weight excluding hydrogens is 504 g/mol. The summed E-state index contributed by atoms with van der Waals surface area (Å²) in [7, 11) is 0. The van der Waals surface area contributed by atoms with Gasteiger partial charge in [-0.2, -0.15) is 4.98 Å². The predicted molar refractivity (Wildman–Crippen MR) is 143 cm³/mol. The highest BCUT2D eigenvalue weighted by molar-refractivity contribution is 5.89. The van der Waals surface area contributed by atoms with Crippen LogP contribution in [-0.2, 0) is 17.7 Å². The first kappa shape index (κ1) is 26.1. The molecule has 0 spiro atoms. The zero-order valence-corrected chi connectivity index (χ0v) is 21.8. The van der Waals surface area contributed by atoms with E-state index in [1.807, 2.05) is 36.1 Å². The van der Waals surface area contributed by atoms with Crippen LogP contribution in [0.2, 0.25) is 0 Å². The van der Waals surface area contributed by atoms with E-state index in [1.165, 1.54) is 6.07 Å². The summed E-state index contributed by atoms with van der Waals surface area (Å²) in [5.41, 5.74) is 4.00. The number of amides is 2. The van der Waals surface area contributed by atoms with Gasteiger partial charge in [0.25, 0.3) is 0 Å². The van der Waals surface area contributed by atoms with Gasteiger partial charge in [0.05, 0.1) is 25.5 Å². The fourth-order valence-electron chi connectivity index (χ4n) is 4.59. The Hall–Kier alpha value is -4.52. The molecule has 5 rings (SSSR count). The lowest BCUT2D eigenvalue weighted by Gasteiger charge is -2.34. The van der Waals surface area contributed by atoms with E-state index in [-0.39, 0.29) is 11.9 Å². The maximum Gasteiger partial charge on any atom is 0.512 e. The van der Waals surface area contributed by atoms with E-state index in [9.17, 15) is 9.59 Å². The number of urea groups is 1. The summed E-state index contributed by atoms with van der Waals surface area (Å²) in [6.45, 7) is 7.93. The molecule has 39 heavy (non-hydrogen) atoms. The first-order valence-electron chi connectivity index (χ1n) is 12.8. The van der Waals surface area contributed by atoms with Gasteiger partial charge in [-0.05, 0) is 44.5 Å². The number of rotatable bonds is 6. The first-order valence-corrected chi connectivity index (χ1v) is 12.8. The number of nitrogens with one attached hydrogen (secondary N) is 2. The van der Waals surface area contributed by atoms with Crippen LogP contribution in [0.15, 0.2) is 30.3 Å². The molecule has 204 valence electrons. The highest BCUT2D eigenvalue weighted by Crippen LogP contribution is 2.32. The highest BCUT2D eigenvalue weighted by atomic mass is 16.7. The van der Waals surface area contributed by atoms with Crippen molar-refractivity contribution in [3.8, 4) is 17.3 Å². The Morgan fingerprint density at radius 1 is 1.05 bits per heavy atom. The van der Waals surface area contributed by atoms with Gasteiger partial charge in [-0.15, -0.1) is 0 Å². The number of nitrogens with zero attached hydrogens (tertiary/aromatic N) is 6. The number of hydrogen-bond donors (Lipinski definition) is 3. The van der Waals surface area contributed by atoms with Gasteiger partial charge in [-0.3, -0.25) is 0 Å². The number of fused-ring (bicyclic) bond motifs is 1. The van der Waals surface area contributed by atoms with Crippen molar-refractivity contribution in [2.75, 3.05) is 54.5 Å². The molecule has 2 aromatic heterocycles. The average Bonchev–Trinajstić information content (AvgIpc) is 2.92. The molecule has 1 aromatic carbocycles. The Kier molecular flexibility index (Phi) is 7.68. The number of benzene rings is 1. The van der Waals surface area contributed by atoms with Crippen LogP contribution in [0.1, 0.15) is 23.9 Å². The standard InChI is InChI=1S/C26H30N8O5/c1-3-27-25(35)29-18-6-4-17(5-7-18)22-30-20-15-34(24-28-16(2)14-21(31-24)39-26(36)37)9-8-19(20)23(32-22)33-10-12-38-13-11-33/h4-7,14H,3,8-13,15H2,1-2H3,(H,36,37)(H2,27,29,35). The summed E-state index contributed by atoms with van der Waals surface area (Å²) in [4.78, 5) is 45.9. The molecule has 3 N–H and O–H groups in total. The minimum absolute atomic E-state index is 0.0190. The van der Waals surface area contributed by atoms with Gasteiger partial charge in [0.15, 0.2) is 5.82 Å². The molecule has 13 nitrogen and oxygen atoms in total. The van der Waals surface area contributed by atoms with E-state index in [0.717, 1.165) is 35.7 Å². The first-order chi connectivity index (χ1) is 18.9. The number of anilines is 3. The molecule has 0 saturated carbocycles. The number of carboxylic acid groups (broad SMARTS) is 1.